The van der Waals surface area contributed by atoms with Crippen LogP contribution in [0.5, 0.6) is 0 Å². The molecule has 0 spiro atoms. The highest BCUT2D eigenvalue weighted by atomic mass is 16.5. The highest BCUT2D eigenvalue weighted by Crippen LogP contribution is 2.05. The zero-order valence-electron chi connectivity index (χ0n) is 12.5. The normalized spacial score (nSPS) is 10.8. The first kappa shape index (κ1) is 15.1. The lowest BCUT2D eigenvalue weighted by Crippen LogP contribution is -2.28. The summed E-state index contributed by atoms with van der Waals surface area (Å²) in [5.74, 6) is 0.198. The third kappa shape index (κ3) is 3.85. The summed E-state index contributed by atoms with van der Waals surface area (Å²) in [5.41, 5.74) is 2.67. The van der Waals surface area contributed by atoms with Crippen LogP contribution in [0.4, 0.5) is 0 Å². The lowest BCUT2D eigenvalue weighted by Gasteiger charge is -2.04. The first-order valence-electron chi connectivity index (χ1n) is 6.68. The van der Waals surface area contributed by atoms with Crippen LogP contribution in [0.15, 0.2) is 18.2 Å². The lowest BCUT2D eigenvalue weighted by molar-refractivity contribution is 0.0917. The quantitative estimate of drug-likeness (QED) is 0.635. The minimum Gasteiger partial charge on any atom is -0.375 e. The summed E-state index contributed by atoms with van der Waals surface area (Å²) in [4.78, 5) is 20.3. The van der Waals surface area contributed by atoms with E-state index in [1.165, 1.54) is 0 Å². The van der Waals surface area contributed by atoms with Gasteiger partial charge in [0.05, 0.1) is 13.2 Å². The van der Waals surface area contributed by atoms with E-state index in [0.29, 0.717) is 25.5 Å². The van der Waals surface area contributed by atoms with Crippen molar-refractivity contribution in [2.75, 3.05) is 19.8 Å². The molecule has 0 radical (unpaired) electrons. The molecule has 0 fully saturated rings. The highest BCUT2D eigenvalue weighted by Gasteiger charge is 2.14. The zero-order valence-corrected chi connectivity index (χ0v) is 12.5. The van der Waals surface area contributed by atoms with Crippen LogP contribution < -0.4 is 5.32 Å². The van der Waals surface area contributed by atoms with Crippen molar-refractivity contribution in [1.29, 1.82) is 0 Å². The molecule has 7 heteroatoms. The van der Waals surface area contributed by atoms with Crippen LogP contribution in [0.25, 0.3) is 5.78 Å². The summed E-state index contributed by atoms with van der Waals surface area (Å²) in [5, 5.41) is 6.86. The predicted molar refractivity (Wildman–Crippen MR) is 78.2 cm³/mol. The maximum absolute atomic E-state index is 12.0. The Kier molecular flexibility index (Phi) is 4.64. The molecule has 1 N–H and O–H groups in total. The molecule has 0 saturated heterocycles. The van der Waals surface area contributed by atoms with E-state index >= 15 is 0 Å². The number of aryl methyl sites for hydroxylation is 2. The molecule has 2 heterocycles. The van der Waals surface area contributed by atoms with Crippen LogP contribution in [-0.2, 0) is 4.74 Å². The molecule has 0 bridgehead atoms. The van der Waals surface area contributed by atoms with Gasteiger partial charge in [-0.1, -0.05) is 12.2 Å². The monoisotopic (exact) mass is 289 g/mol. The third-order valence-electron chi connectivity index (χ3n) is 2.70. The van der Waals surface area contributed by atoms with E-state index in [1.807, 2.05) is 26.8 Å². The van der Waals surface area contributed by atoms with E-state index in [4.69, 9.17) is 4.74 Å². The molecule has 0 aliphatic rings. The van der Waals surface area contributed by atoms with Crippen molar-refractivity contribution in [3.8, 4) is 0 Å². The van der Waals surface area contributed by atoms with Crippen molar-refractivity contribution in [3.05, 3.63) is 35.4 Å². The minimum atomic E-state index is -0.337. The number of nitrogens with zero attached hydrogens (tertiary/aromatic N) is 4. The van der Waals surface area contributed by atoms with Gasteiger partial charge in [0, 0.05) is 17.9 Å². The molecule has 0 aliphatic carbocycles. The largest absolute Gasteiger partial charge is 0.375 e. The first-order chi connectivity index (χ1) is 9.97. The number of ether oxygens (including phenoxy) is 1. The Morgan fingerprint density at radius 1 is 1.43 bits per heavy atom. The van der Waals surface area contributed by atoms with Gasteiger partial charge in [-0.25, -0.2) is 9.50 Å². The molecule has 2 aromatic heterocycles. The van der Waals surface area contributed by atoms with Gasteiger partial charge in [-0.3, -0.25) is 4.79 Å². The fourth-order valence-corrected chi connectivity index (χ4v) is 1.82. The molecule has 7 nitrogen and oxygen atoms in total. The van der Waals surface area contributed by atoms with Crippen LogP contribution in [-0.4, -0.2) is 45.2 Å². The van der Waals surface area contributed by atoms with Gasteiger partial charge in [0.15, 0.2) is 0 Å². The molecular formula is C14H19N5O2. The minimum absolute atomic E-state index is 0.108. The molecule has 2 rings (SSSR count). The fourth-order valence-electron chi connectivity index (χ4n) is 1.82. The second-order valence-corrected chi connectivity index (χ2v) is 4.95. The van der Waals surface area contributed by atoms with Gasteiger partial charge in [0.1, 0.15) is 0 Å². The standard InChI is InChI=1S/C14H19N5O2/c1-9(2)8-21-6-5-15-13(20)12-17-14-16-10(3)7-11(4)19(14)18-12/h7H,1,5-6,8H2,2-4H3,(H,15,20). The molecule has 2 aromatic rings. The van der Waals surface area contributed by atoms with Gasteiger partial charge in [0.2, 0.25) is 5.82 Å². The molecule has 112 valence electrons. The predicted octanol–water partition coefficient (Wildman–Crippen LogP) is 1.06. The number of carbonyl (C=O) groups is 1. The summed E-state index contributed by atoms with van der Waals surface area (Å²) in [6.45, 7) is 10.7. The molecule has 0 aromatic carbocycles. The Bertz CT molecular complexity index is 677. The lowest BCUT2D eigenvalue weighted by atomic mass is 10.4. The summed E-state index contributed by atoms with van der Waals surface area (Å²) in [6.07, 6.45) is 0. The molecule has 21 heavy (non-hydrogen) atoms. The Balaban J connectivity index is 1.97. The zero-order chi connectivity index (χ0) is 15.4. The second kappa shape index (κ2) is 6.45. The van der Waals surface area contributed by atoms with Crippen molar-refractivity contribution < 1.29 is 9.53 Å². The van der Waals surface area contributed by atoms with Crippen molar-refractivity contribution in [1.82, 2.24) is 24.9 Å². The van der Waals surface area contributed by atoms with Crippen LogP contribution in [0.1, 0.15) is 28.9 Å². The molecule has 0 atom stereocenters. The number of hydrogen-bond acceptors (Lipinski definition) is 5. The maximum atomic E-state index is 12.0. The van der Waals surface area contributed by atoms with E-state index in [2.05, 4.69) is 27.0 Å². The van der Waals surface area contributed by atoms with E-state index in [9.17, 15) is 4.79 Å². The van der Waals surface area contributed by atoms with E-state index in [-0.39, 0.29) is 11.7 Å². The van der Waals surface area contributed by atoms with Crippen molar-refractivity contribution in [2.45, 2.75) is 20.8 Å². The van der Waals surface area contributed by atoms with Crippen molar-refractivity contribution >= 4 is 11.7 Å². The number of aromatic nitrogens is 4. The fraction of sp³-hybridized carbons (Fsp3) is 0.429. The van der Waals surface area contributed by atoms with Crippen molar-refractivity contribution in [3.63, 3.8) is 0 Å². The second-order valence-electron chi connectivity index (χ2n) is 4.95. The Morgan fingerprint density at radius 2 is 2.19 bits per heavy atom. The van der Waals surface area contributed by atoms with Gasteiger partial charge in [-0.05, 0) is 26.8 Å². The van der Waals surface area contributed by atoms with Gasteiger partial charge < -0.3 is 10.1 Å². The number of fused-ring (bicyclic) bond motifs is 1. The Morgan fingerprint density at radius 3 is 2.90 bits per heavy atom. The highest BCUT2D eigenvalue weighted by molar-refractivity contribution is 5.90. The summed E-state index contributed by atoms with van der Waals surface area (Å²) >= 11 is 0. The summed E-state index contributed by atoms with van der Waals surface area (Å²) < 4.78 is 6.86. The topological polar surface area (TPSA) is 81.4 Å². The molecule has 0 aliphatic heterocycles. The van der Waals surface area contributed by atoms with Crippen LogP contribution in [0, 0.1) is 13.8 Å². The Labute approximate surface area is 123 Å². The van der Waals surface area contributed by atoms with Gasteiger partial charge in [0.25, 0.3) is 11.7 Å². The number of nitrogens with one attached hydrogen (secondary N) is 1. The molecule has 0 saturated carbocycles. The van der Waals surface area contributed by atoms with Gasteiger partial charge in [-0.15, -0.1) is 5.10 Å². The number of amides is 1. The first-order valence-corrected chi connectivity index (χ1v) is 6.68. The van der Waals surface area contributed by atoms with Crippen molar-refractivity contribution in [2.24, 2.45) is 0 Å². The van der Waals surface area contributed by atoms with Crippen LogP contribution in [0.2, 0.25) is 0 Å². The number of hydrogen-bond donors (Lipinski definition) is 1. The van der Waals surface area contributed by atoms with E-state index in [0.717, 1.165) is 17.0 Å². The third-order valence-corrected chi connectivity index (χ3v) is 2.70. The molecular weight excluding hydrogens is 270 g/mol. The summed E-state index contributed by atoms with van der Waals surface area (Å²) in [6, 6.07) is 1.88. The van der Waals surface area contributed by atoms with Crippen LogP contribution in [0.3, 0.4) is 0 Å². The van der Waals surface area contributed by atoms with E-state index in [1.54, 1.807) is 4.52 Å². The smallest absolute Gasteiger partial charge is 0.291 e. The summed E-state index contributed by atoms with van der Waals surface area (Å²) in [7, 11) is 0. The Hall–Kier alpha value is -2.28. The van der Waals surface area contributed by atoms with Gasteiger partial charge in [-0.2, -0.15) is 4.98 Å². The van der Waals surface area contributed by atoms with E-state index < -0.39 is 0 Å². The number of rotatable bonds is 6. The van der Waals surface area contributed by atoms with Gasteiger partial charge >= 0.3 is 0 Å². The molecule has 1 amide bonds. The molecule has 0 unspecified atom stereocenters. The maximum Gasteiger partial charge on any atom is 0.291 e. The SMILES string of the molecule is C=C(C)COCCNC(=O)c1nc2nc(C)cc(C)n2n1. The van der Waals surface area contributed by atoms with Crippen LogP contribution >= 0.6 is 0 Å². The average molecular weight is 289 g/mol. The average Bonchev–Trinajstić information content (AvgIpc) is 2.82. The number of carbonyl (C=O) groups excluding carboxylic acids is 1.